The van der Waals surface area contributed by atoms with E-state index in [0.29, 0.717) is 4.21 Å². The van der Waals surface area contributed by atoms with Gasteiger partial charge in [0.1, 0.15) is 4.21 Å². The molecule has 1 atom stereocenters. The van der Waals surface area contributed by atoms with Gasteiger partial charge in [0.15, 0.2) is 0 Å². The van der Waals surface area contributed by atoms with Gasteiger partial charge in [0.2, 0.25) is 10.0 Å². The minimum Gasteiger partial charge on any atom is -0.312 e. The van der Waals surface area contributed by atoms with E-state index >= 15 is 0 Å². The maximum Gasteiger partial charge on any atom is 0.250 e. The zero-order valence-electron chi connectivity index (χ0n) is 13.3. The smallest absolute Gasteiger partial charge is 0.250 e. The van der Waals surface area contributed by atoms with E-state index in [2.05, 4.69) is 23.9 Å². The Bertz CT molecular complexity index is 498. The number of thiophene rings is 1. The molecule has 2 N–H and O–H groups in total. The summed E-state index contributed by atoms with van der Waals surface area (Å²) in [7, 11) is -3.38. The van der Waals surface area contributed by atoms with Crippen molar-refractivity contribution in [2.45, 2.75) is 69.7 Å². The Kier molecular flexibility index (Phi) is 8.48. The van der Waals surface area contributed by atoms with Gasteiger partial charge in [0.05, 0.1) is 0 Å². The summed E-state index contributed by atoms with van der Waals surface area (Å²) in [6.07, 6.45) is 4.96. The quantitative estimate of drug-likeness (QED) is 0.652. The zero-order chi connectivity index (χ0) is 15.7. The third-order valence-electron chi connectivity index (χ3n) is 3.32. The molecule has 0 amide bonds. The third-order valence-corrected chi connectivity index (χ3v) is 6.41. The number of hydrogen-bond donors (Lipinski definition) is 2. The summed E-state index contributed by atoms with van der Waals surface area (Å²) in [5.74, 6) is 0. The van der Waals surface area contributed by atoms with Gasteiger partial charge in [-0.1, -0.05) is 40.0 Å². The van der Waals surface area contributed by atoms with Crippen molar-refractivity contribution >= 4 is 21.4 Å². The first kappa shape index (κ1) is 18.6. The second kappa shape index (κ2) is 9.56. The normalized spacial score (nSPS) is 13.5. The molecule has 0 bridgehead atoms. The molecule has 0 aliphatic carbocycles. The van der Waals surface area contributed by atoms with E-state index in [-0.39, 0.29) is 6.04 Å². The first-order chi connectivity index (χ1) is 10.0. The van der Waals surface area contributed by atoms with Crippen LogP contribution in [0, 0.1) is 0 Å². The molecule has 0 spiro atoms. The van der Waals surface area contributed by atoms with Crippen molar-refractivity contribution < 1.29 is 8.42 Å². The fourth-order valence-electron chi connectivity index (χ4n) is 2.18. The lowest BCUT2D eigenvalue weighted by Crippen LogP contribution is -2.34. The number of nitrogens with one attached hydrogen (secondary N) is 2. The van der Waals surface area contributed by atoms with Crippen LogP contribution in [-0.4, -0.2) is 21.0 Å². The van der Waals surface area contributed by atoms with Crippen molar-refractivity contribution in [2.24, 2.45) is 0 Å². The summed E-state index contributed by atoms with van der Waals surface area (Å²) >= 11 is 1.35. The molecule has 0 aliphatic heterocycles. The molecule has 4 nitrogen and oxygen atoms in total. The van der Waals surface area contributed by atoms with Gasteiger partial charge in [-0.05, 0) is 31.5 Å². The van der Waals surface area contributed by atoms with E-state index in [0.717, 1.165) is 50.1 Å². The van der Waals surface area contributed by atoms with Crippen LogP contribution in [0.5, 0.6) is 0 Å². The highest BCUT2D eigenvalue weighted by molar-refractivity contribution is 7.91. The van der Waals surface area contributed by atoms with Gasteiger partial charge >= 0.3 is 0 Å². The zero-order valence-corrected chi connectivity index (χ0v) is 14.9. The molecule has 0 aromatic carbocycles. The Hall–Kier alpha value is -0.430. The Labute approximate surface area is 133 Å². The molecule has 1 aromatic heterocycles. The van der Waals surface area contributed by atoms with Crippen LogP contribution >= 0.6 is 11.3 Å². The van der Waals surface area contributed by atoms with E-state index in [9.17, 15) is 8.42 Å². The monoisotopic (exact) mass is 332 g/mol. The third kappa shape index (κ3) is 6.46. The predicted octanol–water partition coefficient (Wildman–Crippen LogP) is 3.49. The van der Waals surface area contributed by atoms with E-state index in [1.54, 1.807) is 6.07 Å². The van der Waals surface area contributed by atoms with Crippen molar-refractivity contribution in [3.63, 3.8) is 0 Å². The topological polar surface area (TPSA) is 58.2 Å². The highest BCUT2D eigenvalue weighted by atomic mass is 32.2. The molecular weight excluding hydrogens is 304 g/mol. The molecule has 0 saturated heterocycles. The van der Waals surface area contributed by atoms with Crippen molar-refractivity contribution in [3.05, 3.63) is 17.0 Å². The Balaban J connectivity index is 2.71. The maximum atomic E-state index is 12.4. The highest BCUT2D eigenvalue weighted by Gasteiger charge is 2.21. The number of rotatable bonds is 11. The summed E-state index contributed by atoms with van der Waals surface area (Å²) < 4.78 is 28.2. The fraction of sp³-hybridized carbons (Fsp3) is 0.733. The van der Waals surface area contributed by atoms with Gasteiger partial charge in [-0.25, -0.2) is 13.1 Å². The molecular formula is C15H28N2O2S2. The highest BCUT2D eigenvalue weighted by Crippen LogP contribution is 2.22. The van der Waals surface area contributed by atoms with Crippen molar-refractivity contribution in [1.82, 2.24) is 10.0 Å². The van der Waals surface area contributed by atoms with Crippen molar-refractivity contribution in [2.75, 3.05) is 6.54 Å². The van der Waals surface area contributed by atoms with Crippen LogP contribution in [0.25, 0.3) is 0 Å². The SMILES string of the molecule is CCCCC(CCC)NS(=O)(=O)c1ccc(CNCC)s1. The lowest BCUT2D eigenvalue weighted by atomic mass is 10.1. The molecule has 0 aliphatic rings. The molecule has 0 saturated carbocycles. The van der Waals surface area contributed by atoms with E-state index in [1.165, 1.54) is 11.3 Å². The van der Waals surface area contributed by atoms with Gasteiger partial charge < -0.3 is 5.32 Å². The first-order valence-electron chi connectivity index (χ1n) is 7.85. The van der Waals surface area contributed by atoms with Crippen LogP contribution in [0.3, 0.4) is 0 Å². The average Bonchev–Trinajstić information content (AvgIpc) is 2.92. The number of sulfonamides is 1. The minimum atomic E-state index is -3.38. The number of hydrogen-bond acceptors (Lipinski definition) is 4. The molecule has 0 radical (unpaired) electrons. The van der Waals surface area contributed by atoms with Gasteiger partial charge in [-0.2, -0.15) is 0 Å². The van der Waals surface area contributed by atoms with Crippen molar-refractivity contribution in [3.8, 4) is 0 Å². The van der Waals surface area contributed by atoms with Gasteiger partial charge in [0, 0.05) is 17.5 Å². The van der Waals surface area contributed by atoms with E-state index in [4.69, 9.17) is 0 Å². The van der Waals surface area contributed by atoms with E-state index in [1.807, 2.05) is 13.0 Å². The van der Waals surface area contributed by atoms with Crippen LogP contribution < -0.4 is 10.0 Å². The lowest BCUT2D eigenvalue weighted by Gasteiger charge is -2.17. The standard InChI is InChI=1S/C15H28N2O2S2/c1-4-7-9-13(8-5-2)17-21(18,19)15-11-10-14(20-15)12-16-6-3/h10-11,13,16-17H,4-9,12H2,1-3H3. The summed E-state index contributed by atoms with van der Waals surface area (Å²) in [6, 6.07) is 3.66. The number of unbranched alkanes of at least 4 members (excludes halogenated alkanes) is 1. The van der Waals surface area contributed by atoms with Crippen LogP contribution in [0.2, 0.25) is 0 Å². The van der Waals surface area contributed by atoms with Crippen LogP contribution in [0.4, 0.5) is 0 Å². The molecule has 122 valence electrons. The van der Waals surface area contributed by atoms with Gasteiger partial charge in [-0.3, -0.25) is 0 Å². The fourth-order valence-corrected chi connectivity index (χ4v) is 4.83. The van der Waals surface area contributed by atoms with Gasteiger partial charge in [0.25, 0.3) is 0 Å². The summed E-state index contributed by atoms with van der Waals surface area (Å²) in [4.78, 5) is 1.05. The average molecular weight is 333 g/mol. The molecule has 21 heavy (non-hydrogen) atoms. The summed E-state index contributed by atoms with van der Waals surface area (Å²) in [5.41, 5.74) is 0. The Morgan fingerprint density at radius 2 is 1.90 bits per heavy atom. The molecule has 6 heteroatoms. The van der Waals surface area contributed by atoms with Crippen molar-refractivity contribution in [1.29, 1.82) is 0 Å². The molecule has 1 aromatic rings. The summed E-state index contributed by atoms with van der Waals surface area (Å²) in [5, 5.41) is 3.21. The molecule has 1 unspecified atom stereocenters. The van der Waals surface area contributed by atoms with E-state index < -0.39 is 10.0 Å². The maximum absolute atomic E-state index is 12.4. The summed E-state index contributed by atoms with van der Waals surface area (Å²) in [6.45, 7) is 7.87. The Morgan fingerprint density at radius 1 is 1.14 bits per heavy atom. The second-order valence-corrected chi connectivity index (χ2v) is 8.36. The predicted molar refractivity (Wildman–Crippen MR) is 90.2 cm³/mol. The van der Waals surface area contributed by atoms with Crippen LogP contribution in [-0.2, 0) is 16.6 Å². The minimum absolute atomic E-state index is 0.0549. The van der Waals surface area contributed by atoms with Crippen LogP contribution in [0.15, 0.2) is 16.3 Å². The molecule has 1 heterocycles. The molecule has 1 rings (SSSR count). The van der Waals surface area contributed by atoms with Gasteiger partial charge in [-0.15, -0.1) is 11.3 Å². The van der Waals surface area contributed by atoms with Crippen LogP contribution in [0.1, 0.15) is 57.8 Å². The first-order valence-corrected chi connectivity index (χ1v) is 10.1. The second-order valence-electron chi connectivity index (χ2n) is 5.25. The Morgan fingerprint density at radius 3 is 2.52 bits per heavy atom. The lowest BCUT2D eigenvalue weighted by molar-refractivity contribution is 0.484. The molecule has 0 fully saturated rings. The largest absolute Gasteiger partial charge is 0.312 e.